The molecule has 1 unspecified atom stereocenters. The number of nitrogens with one attached hydrogen (secondary N) is 1. The van der Waals surface area contributed by atoms with Crippen LogP contribution in [0.15, 0.2) is 116 Å². The minimum Gasteiger partial charge on any atom is -0.375 e. The van der Waals surface area contributed by atoms with E-state index in [1.54, 1.807) is 12.4 Å². The second-order valence-electron chi connectivity index (χ2n) is 8.58. The van der Waals surface area contributed by atoms with Crippen LogP contribution in [0.4, 0.5) is 0 Å². The van der Waals surface area contributed by atoms with Crippen LogP contribution in [0.2, 0.25) is 0 Å². The van der Waals surface area contributed by atoms with Crippen molar-refractivity contribution in [3.63, 3.8) is 0 Å². The van der Waals surface area contributed by atoms with E-state index in [0.29, 0.717) is 6.61 Å². The quantitative estimate of drug-likeness (QED) is 0.300. The van der Waals surface area contributed by atoms with Gasteiger partial charge in [-0.15, -0.1) is 0 Å². The molecule has 0 bridgehead atoms. The van der Waals surface area contributed by atoms with Gasteiger partial charge in [-0.2, -0.15) is 0 Å². The highest BCUT2D eigenvalue weighted by atomic mass is 16.5. The van der Waals surface area contributed by atoms with E-state index in [0.717, 1.165) is 22.3 Å². The zero-order chi connectivity index (χ0) is 23.8. The third-order valence-corrected chi connectivity index (χ3v) is 6.01. The Hall–Kier alpha value is -3.27. The van der Waals surface area contributed by atoms with E-state index in [1.807, 2.05) is 30.3 Å². The van der Waals surface area contributed by atoms with E-state index in [1.165, 1.54) is 0 Å². The molecule has 1 heterocycles. The van der Waals surface area contributed by atoms with Gasteiger partial charge in [-0.25, -0.2) is 0 Å². The van der Waals surface area contributed by atoms with Gasteiger partial charge in [-0.05, 0) is 34.2 Å². The first-order valence-corrected chi connectivity index (χ1v) is 11.5. The fourth-order valence-electron chi connectivity index (χ4n) is 4.19. The van der Waals surface area contributed by atoms with Crippen molar-refractivity contribution in [1.29, 1.82) is 0 Å². The highest BCUT2D eigenvalue weighted by molar-refractivity contribution is 5.49. The van der Waals surface area contributed by atoms with Crippen LogP contribution >= 0.6 is 0 Å². The number of pyridine rings is 1. The maximum absolute atomic E-state index is 8.48. The molecule has 0 radical (unpaired) electrons. The minimum atomic E-state index is -0.781. The molecule has 0 fully saturated rings. The molecule has 0 saturated heterocycles. The van der Waals surface area contributed by atoms with E-state index in [4.69, 9.17) is 6.11 Å². The molecule has 1 aromatic heterocycles. The summed E-state index contributed by atoms with van der Waals surface area (Å²) in [7, 11) is 0. The molecule has 0 aliphatic rings. The summed E-state index contributed by atoms with van der Waals surface area (Å²) in [4.78, 5) is 4.13. The second kappa shape index (κ2) is 11.0. The Morgan fingerprint density at radius 3 is 1.73 bits per heavy atom. The van der Waals surface area contributed by atoms with Crippen LogP contribution in [-0.2, 0) is 16.9 Å². The largest absolute Gasteiger partial charge is 0.375 e. The average Bonchev–Trinajstić information content (AvgIpc) is 2.90. The summed E-state index contributed by atoms with van der Waals surface area (Å²) < 4.78 is 14.5. The lowest BCUT2D eigenvalue weighted by molar-refractivity contribution is 0.0788. The van der Waals surface area contributed by atoms with Crippen LogP contribution in [0.25, 0.3) is 0 Å². The Morgan fingerprint density at radius 2 is 1.30 bits per heavy atom. The second-order valence-corrected chi connectivity index (χ2v) is 8.58. The Labute approximate surface area is 198 Å². The summed E-state index contributed by atoms with van der Waals surface area (Å²) in [5, 5.41) is 4.00. The maximum Gasteiger partial charge on any atom is 0.0950 e. The van der Waals surface area contributed by atoms with Crippen molar-refractivity contribution in [1.82, 2.24) is 10.3 Å². The lowest BCUT2D eigenvalue weighted by Gasteiger charge is -2.41. The van der Waals surface area contributed by atoms with E-state index < -0.39 is 12.1 Å². The van der Waals surface area contributed by atoms with Crippen molar-refractivity contribution < 1.29 is 6.11 Å². The molecule has 0 saturated carbocycles. The summed E-state index contributed by atoms with van der Waals surface area (Å²) >= 11 is 0. The van der Waals surface area contributed by atoms with Crippen molar-refractivity contribution in [2.24, 2.45) is 5.92 Å². The van der Waals surface area contributed by atoms with Crippen molar-refractivity contribution in [3.05, 3.63) is 138 Å². The summed E-state index contributed by atoms with van der Waals surface area (Å²) in [5.41, 5.74) is 3.66. The van der Waals surface area contributed by atoms with Gasteiger partial charge in [0.2, 0.25) is 0 Å². The Bertz CT molecular complexity index is 1020. The van der Waals surface area contributed by atoms with Crippen LogP contribution in [0.3, 0.4) is 0 Å². The lowest BCUT2D eigenvalue weighted by atomic mass is 9.76. The SMILES string of the molecule is [2H]C(OC[C@@H](NC(c1ccccc1)(c1ccccc1)c1ccccc1)C(C)C)c1cccnc1. The van der Waals surface area contributed by atoms with Gasteiger partial charge in [0, 0.05) is 18.4 Å². The lowest BCUT2D eigenvalue weighted by Crippen LogP contribution is -2.53. The monoisotopic (exact) mass is 437 g/mol. The summed E-state index contributed by atoms with van der Waals surface area (Å²) in [5.74, 6) is 0.275. The summed E-state index contributed by atoms with van der Waals surface area (Å²) in [6.45, 7) is 4.00. The minimum absolute atomic E-state index is 0.00913. The number of aromatic nitrogens is 1. The van der Waals surface area contributed by atoms with Crippen LogP contribution in [0, 0.1) is 5.92 Å². The first kappa shape index (κ1) is 21.6. The third-order valence-electron chi connectivity index (χ3n) is 6.01. The zero-order valence-electron chi connectivity index (χ0n) is 20.3. The van der Waals surface area contributed by atoms with Gasteiger partial charge < -0.3 is 4.74 Å². The van der Waals surface area contributed by atoms with Gasteiger partial charge in [0.15, 0.2) is 0 Å². The first-order valence-electron chi connectivity index (χ1n) is 12.1. The van der Waals surface area contributed by atoms with Crippen LogP contribution in [-0.4, -0.2) is 17.6 Å². The normalized spacial score (nSPS) is 14.0. The van der Waals surface area contributed by atoms with Gasteiger partial charge in [0.25, 0.3) is 0 Å². The molecule has 3 heteroatoms. The van der Waals surface area contributed by atoms with Crippen LogP contribution in [0.5, 0.6) is 0 Å². The van der Waals surface area contributed by atoms with Crippen molar-refractivity contribution in [2.75, 3.05) is 6.61 Å². The van der Waals surface area contributed by atoms with E-state index in [9.17, 15) is 0 Å². The summed E-state index contributed by atoms with van der Waals surface area (Å²) in [6.07, 6.45) is 3.40. The molecule has 1 N–H and O–H groups in total. The zero-order valence-corrected chi connectivity index (χ0v) is 19.3. The predicted octanol–water partition coefficient (Wildman–Crippen LogP) is 6.20. The molecule has 0 amide bonds. The molecule has 0 aliphatic heterocycles. The Balaban J connectivity index is 1.75. The van der Waals surface area contributed by atoms with E-state index in [-0.39, 0.29) is 12.0 Å². The molecular formula is C30H32N2O. The molecule has 2 atom stereocenters. The number of ether oxygens (including phenoxy) is 1. The number of nitrogens with zero attached hydrogens (tertiary/aromatic N) is 1. The van der Waals surface area contributed by atoms with Crippen LogP contribution in [0.1, 0.15) is 37.5 Å². The molecule has 3 nitrogen and oxygen atoms in total. The molecule has 4 rings (SSSR count). The first-order chi connectivity index (χ1) is 16.6. The maximum atomic E-state index is 8.48. The number of hydrogen-bond donors (Lipinski definition) is 1. The van der Waals surface area contributed by atoms with Crippen molar-refractivity contribution in [2.45, 2.75) is 32.0 Å². The molecular weight excluding hydrogens is 404 g/mol. The molecule has 4 aromatic rings. The fraction of sp³-hybridized carbons (Fsp3) is 0.233. The van der Waals surface area contributed by atoms with Gasteiger partial charge in [-0.3, -0.25) is 10.3 Å². The smallest absolute Gasteiger partial charge is 0.0950 e. The van der Waals surface area contributed by atoms with Crippen LogP contribution < -0.4 is 5.32 Å². The molecule has 0 spiro atoms. The molecule has 3 aromatic carbocycles. The molecule has 0 aliphatic carbocycles. The molecule has 33 heavy (non-hydrogen) atoms. The van der Waals surface area contributed by atoms with E-state index in [2.05, 4.69) is 96.9 Å². The topological polar surface area (TPSA) is 34.1 Å². The standard InChI is InChI=1S/C30H32N2O/c1-24(2)29(23-33-22-25-13-12-20-31-21-25)32-30(26-14-6-3-7-15-26,27-16-8-4-9-17-27)28-18-10-5-11-19-28/h3-21,24,29,32H,22-23H2,1-2H3/t29-/m1/s1/i22D/t22?,29-. The van der Waals surface area contributed by atoms with Gasteiger partial charge in [-0.1, -0.05) is 111 Å². The van der Waals surface area contributed by atoms with Gasteiger partial charge in [0.05, 0.1) is 20.1 Å². The number of rotatable bonds is 10. The van der Waals surface area contributed by atoms with Gasteiger partial charge >= 0.3 is 0 Å². The van der Waals surface area contributed by atoms with Crippen molar-refractivity contribution in [3.8, 4) is 0 Å². The Kier molecular flexibility index (Phi) is 7.22. The third kappa shape index (κ3) is 5.39. The van der Waals surface area contributed by atoms with Gasteiger partial charge in [0.1, 0.15) is 0 Å². The van der Waals surface area contributed by atoms with Crippen molar-refractivity contribution >= 4 is 0 Å². The highest BCUT2D eigenvalue weighted by Gasteiger charge is 2.38. The number of hydrogen-bond acceptors (Lipinski definition) is 3. The average molecular weight is 438 g/mol. The number of benzene rings is 3. The highest BCUT2D eigenvalue weighted by Crippen LogP contribution is 2.37. The predicted molar refractivity (Wildman–Crippen MR) is 135 cm³/mol. The van der Waals surface area contributed by atoms with E-state index >= 15 is 0 Å². The summed E-state index contributed by atoms with van der Waals surface area (Å²) in [6, 6.07) is 35.4. The molecule has 168 valence electrons. The Morgan fingerprint density at radius 1 is 0.788 bits per heavy atom. The fourth-order valence-corrected chi connectivity index (χ4v) is 4.19.